The number of hydrogen-bond donors (Lipinski definition) is 1. The van der Waals surface area contributed by atoms with Crippen molar-refractivity contribution in [3.05, 3.63) is 46.6 Å². The van der Waals surface area contributed by atoms with Gasteiger partial charge in [-0.3, -0.25) is 9.59 Å². The number of benzene rings is 1. The van der Waals surface area contributed by atoms with E-state index in [1.165, 1.54) is 23.5 Å². The molecule has 0 aliphatic carbocycles. The lowest BCUT2D eigenvalue weighted by molar-refractivity contribution is -0.147. The van der Waals surface area contributed by atoms with Crippen molar-refractivity contribution in [1.29, 1.82) is 0 Å². The summed E-state index contributed by atoms with van der Waals surface area (Å²) in [6, 6.07) is 8.01. The number of likely N-dealkylation sites (tertiary alicyclic amines) is 1. The van der Waals surface area contributed by atoms with Crippen molar-refractivity contribution in [3.8, 4) is 10.4 Å². The van der Waals surface area contributed by atoms with Crippen LogP contribution in [0.4, 0.5) is 4.39 Å². The van der Waals surface area contributed by atoms with Gasteiger partial charge in [-0.05, 0) is 49.6 Å². The fourth-order valence-corrected chi connectivity index (χ4v) is 4.09. The summed E-state index contributed by atoms with van der Waals surface area (Å²) in [5.41, 5.74) is 0.951. The Kier molecular flexibility index (Phi) is 4.17. The van der Waals surface area contributed by atoms with Gasteiger partial charge >= 0.3 is 5.97 Å². The van der Waals surface area contributed by atoms with Gasteiger partial charge in [0.1, 0.15) is 5.82 Å². The molecule has 24 heavy (non-hydrogen) atoms. The van der Waals surface area contributed by atoms with Crippen molar-refractivity contribution in [2.45, 2.75) is 20.3 Å². The van der Waals surface area contributed by atoms with Crippen LogP contribution in [-0.4, -0.2) is 35.0 Å². The van der Waals surface area contributed by atoms with E-state index in [2.05, 4.69) is 0 Å². The van der Waals surface area contributed by atoms with Crippen molar-refractivity contribution in [3.63, 3.8) is 0 Å². The van der Waals surface area contributed by atoms with Crippen molar-refractivity contribution < 1.29 is 19.1 Å². The van der Waals surface area contributed by atoms with E-state index in [0.29, 0.717) is 17.8 Å². The highest BCUT2D eigenvalue weighted by Gasteiger charge is 2.42. The van der Waals surface area contributed by atoms with Crippen molar-refractivity contribution in [2.75, 3.05) is 13.1 Å². The van der Waals surface area contributed by atoms with Gasteiger partial charge in [0.25, 0.3) is 5.91 Å². The fourth-order valence-electron chi connectivity index (χ4n) is 2.94. The lowest BCUT2D eigenvalue weighted by Gasteiger charge is -2.19. The molecule has 1 atom stereocenters. The van der Waals surface area contributed by atoms with E-state index in [9.17, 15) is 19.1 Å². The highest BCUT2D eigenvalue weighted by molar-refractivity contribution is 7.17. The molecule has 1 N–H and O–H groups in total. The number of hydrogen-bond acceptors (Lipinski definition) is 3. The van der Waals surface area contributed by atoms with Gasteiger partial charge in [0.15, 0.2) is 0 Å². The highest BCUT2D eigenvalue weighted by Crippen LogP contribution is 2.36. The van der Waals surface area contributed by atoms with Gasteiger partial charge in [0.05, 0.1) is 10.3 Å². The van der Waals surface area contributed by atoms with Crippen molar-refractivity contribution in [2.24, 2.45) is 5.41 Å². The third kappa shape index (κ3) is 2.94. The number of aryl methyl sites for hydroxylation is 1. The molecule has 1 aromatic carbocycles. The molecule has 0 radical (unpaired) electrons. The monoisotopic (exact) mass is 347 g/mol. The largest absolute Gasteiger partial charge is 0.481 e. The lowest BCUT2D eigenvalue weighted by atomic mass is 9.90. The Bertz CT molecular complexity index is 799. The molecule has 2 heterocycles. The van der Waals surface area contributed by atoms with E-state index in [-0.39, 0.29) is 18.3 Å². The molecule has 1 saturated heterocycles. The topological polar surface area (TPSA) is 57.6 Å². The minimum absolute atomic E-state index is 0.138. The van der Waals surface area contributed by atoms with Crippen LogP contribution in [0.25, 0.3) is 10.4 Å². The zero-order chi connectivity index (χ0) is 17.5. The summed E-state index contributed by atoms with van der Waals surface area (Å²) in [7, 11) is 0. The Balaban J connectivity index is 1.84. The second-order valence-corrected chi connectivity index (χ2v) is 7.52. The molecule has 1 aromatic heterocycles. The summed E-state index contributed by atoms with van der Waals surface area (Å²) in [6.07, 6.45) is 0.462. The van der Waals surface area contributed by atoms with Gasteiger partial charge in [-0.25, -0.2) is 4.39 Å². The molecule has 3 rings (SSSR count). The average Bonchev–Trinajstić information content (AvgIpc) is 3.12. The molecule has 1 amide bonds. The summed E-state index contributed by atoms with van der Waals surface area (Å²) in [5, 5.41) is 9.30. The number of amides is 1. The highest BCUT2D eigenvalue weighted by atomic mass is 32.1. The van der Waals surface area contributed by atoms with Gasteiger partial charge in [-0.2, -0.15) is 0 Å². The number of carbonyl (C=O) groups is 2. The summed E-state index contributed by atoms with van der Waals surface area (Å²) >= 11 is 1.36. The van der Waals surface area contributed by atoms with E-state index in [1.807, 2.05) is 13.0 Å². The minimum Gasteiger partial charge on any atom is -0.481 e. The zero-order valence-electron chi connectivity index (χ0n) is 13.5. The Morgan fingerprint density at radius 1 is 1.29 bits per heavy atom. The third-order valence-electron chi connectivity index (χ3n) is 4.51. The molecule has 0 spiro atoms. The third-order valence-corrected chi connectivity index (χ3v) is 5.79. The second-order valence-electron chi connectivity index (χ2n) is 6.47. The summed E-state index contributed by atoms with van der Waals surface area (Å²) < 4.78 is 13.1. The summed E-state index contributed by atoms with van der Waals surface area (Å²) in [4.78, 5) is 27.1. The molecule has 4 nitrogen and oxygen atoms in total. The van der Waals surface area contributed by atoms with Crippen LogP contribution in [0.3, 0.4) is 0 Å². The summed E-state index contributed by atoms with van der Waals surface area (Å²) in [5.74, 6) is -1.30. The number of carboxylic acid groups (broad SMARTS) is 1. The number of carboxylic acids is 1. The van der Waals surface area contributed by atoms with Crippen LogP contribution in [0.2, 0.25) is 0 Å². The molecule has 0 bridgehead atoms. The molecule has 6 heteroatoms. The van der Waals surface area contributed by atoms with Gasteiger partial charge in [-0.1, -0.05) is 12.1 Å². The van der Waals surface area contributed by atoms with E-state index in [4.69, 9.17) is 0 Å². The lowest BCUT2D eigenvalue weighted by Crippen LogP contribution is -2.34. The minimum atomic E-state index is -0.873. The van der Waals surface area contributed by atoms with Crippen LogP contribution in [-0.2, 0) is 4.79 Å². The number of thiophene rings is 1. The van der Waals surface area contributed by atoms with E-state index >= 15 is 0 Å². The van der Waals surface area contributed by atoms with Crippen molar-refractivity contribution >= 4 is 23.2 Å². The Morgan fingerprint density at radius 3 is 2.54 bits per heavy atom. The Labute approximate surface area is 143 Å². The second kappa shape index (κ2) is 6.02. The zero-order valence-corrected chi connectivity index (χ0v) is 14.3. The molecule has 0 saturated carbocycles. The number of nitrogens with zero attached hydrogens (tertiary/aromatic N) is 1. The van der Waals surface area contributed by atoms with Gasteiger partial charge in [-0.15, -0.1) is 11.3 Å². The maximum absolute atomic E-state index is 13.1. The molecule has 2 aromatic rings. The quantitative estimate of drug-likeness (QED) is 0.919. The number of aliphatic carboxylic acids is 1. The molecular weight excluding hydrogens is 329 g/mol. The van der Waals surface area contributed by atoms with Crippen LogP contribution in [0, 0.1) is 18.2 Å². The van der Waals surface area contributed by atoms with Crippen LogP contribution >= 0.6 is 11.3 Å². The molecule has 1 aliphatic rings. The van der Waals surface area contributed by atoms with E-state index in [0.717, 1.165) is 16.0 Å². The maximum atomic E-state index is 13.1. The molecule has 1 aliphatic heterocycles. The first-order chi connectivity index (χ1) is 11.3. The number of rotatable bonds is 3. The van der Waals surface area contributed by atoms with Crippen molar-refractivity contribution in [1.82, 2.24) is 4.90 Å². The molecule has 1 fully saturated rings. The van der Waals surface area contributed by atoms with E-state index < -0.39 is 11.4 Å². The van der Waals surface area contributed by atoms with Crippen LogP contribution in [0.5, 0.6) is 0 Å². The average molecular weight is 347 g/mol. The Morgan fingerprint density at radius 2 is 1.96 bits per heavy atom. The number of carbonyl (C=O) groups excluding carboxylic acids is 1. The van der Waals surface area contributed by atoms with Gasteiger partial charge in [0, 0.05) is 18.0 Å². The van der Waals surface area contributed by atoms with Gasteiger partial charge in [0.2, 0.25) is 0 Å². The molecule has 1 unspecified atom stereocenters. The first-order valence-corrected chi connectivity index (χ1v) is 8.51. The standard InChI is InChI=1S/C18H18FNO3S/c1-11-9-14(24-15(11)12-3-5-13(19)6-4-12)16(21)20-8-7-18(2,10-20)17(22)23/h3-6,9H,7-8,10H2,1-2H3,(H,22,23). The van der Waals surface area contributed by atoms with Gasteiger partial charge < -0.3 is 10.0 Å². The fraction of sp³-hybridized carbons (Fsp3) is 0.333. The predicted molar refractivity (Wildman–Crippen MR) is 90.7 cm³/mol. The van der Waals surface area contributed by atoms with E-state index in [1.54, 1.807) is 24.0 Å². The molecular formula is C18H18FNO3S. The SMILES string of the molecule is Cc1cc(C(=O)N2CCC(C)(C(=O)O)C2)sc1-c1ccc(F)cc1. The first-order valence-electron chi connectivity index (χ1n) is 7.69. The predicted octanol–water partition coefficient (Wildman–Crippen LogP) is 3.80. The van der Waals surface area contributed by atoms with Crippen LogP contribution in [0.15, 0.2) is 30.3 Å². The molecule has 126 valence electrons. The summed E-state index contributed by atoms with van der Waals surface area (Å²) in [6.45, 7) is 4.26. The normalized spacial score (nSPS) is 20.4. The Hall–Kier alpha value is -2.21. The van der Waals surface area contributed by atoms with Crippen LogP contribution in [0.1, 0.15) is 28.6 Å². The smallest absolute Gasteiger partial charge is 0.311 e. The van der Waals surface area contributed by atoms with Crippen LogP contribution < -0.4 is 0 Å². The number of halogens is 1. The maximum Gasteiger partial charge on any atom is 0.311 e. The first kappa shape index (κ1) is 16.6.